The average Bonchev–Trinajstić information content (AvgIpc) is 2.84. The average molecular weight is 301 g/mol. The van der Waals surface area contributed by atoms with Gasteiger partial charge in [-0.2, -0.15) is 0 Å². The Morgan fingerprint density at radius 3 is 2.75 bits per heavy atom. The van der Waals surface area contributed by atoms with Crippen LogP contribution in [0.3, 0.4) is 0 Å². The molecule has 0 spiro atoms. The van der Waals surface area contributed by atoms with Crippen LogP contribution in [-0.4, -0.2) is 34.4 Å². The Labute approximate surface area is 121 Å². The van der Waals surface area contributed by atoms with Crippen molar-refractivity contribution in [3.05, 3.63) is 23.7 Å². The molecule has 0 radical (unpaired) electrons. The van der Waals surface area contributed by atoms with Crippen molar-refractivity contribution < 1.29 is 23.8 Å². The van der Waals surface area contributed by atoms with Crippen LogP contribution in [-0.2, 0) is 15.3 Å². The molecule has 0 saturated carbocycles. The van der Waals surface area contributed by atoms with E-state index in [1.54, 1.807) is 20.8 Å². The first-order valence-electron chi connectivity index (χ1n) is 6.15. The zero-order chi connectivity index (χ0) is 15.3. The number of hydrogen-bond acceptors (Lipinski definition) is 6. The van der Waals surface area contributed by atoms with E-state index < -0.39 is 22.7 Å². The topological polar surface area (TPSA) is 103 Å². The second-order valence-electron chi connectivity index (χ2n) is 4.69. The van der Waals surface area contributed by atoms with Crippen LogP contribution in [0.1, 0.15) is 36.9 Å². The lowest BCUT2D eigenvalue weighted by Gasteiger charge is -2.27. The highest BCUT2D eigenvalue weighted by atomic mass is 32.2. The summed E-state index contributed by atoms with van der Waals surface area (Å²) in [5, 5.41) is 8.95. The SMILES string of the molecule is CCOC(=O)c1ccoc1CSC(C)(C)[C@@H](N)C(=O)O. The Bertz CT molecular complexity index is 483. The first-order chi connectivity index (χ1) is 9.29. The van der Waals surface area contributed by atoms with Crippen molar-refractivity contribution in [3.63, 3.8) is 0 Å². The van der Waals surface area contributed by atoms with Crippen LogP contribution in [0.5, 0.6) is 0 Å². The minimum atomic E-state index is -1.06. The maximum absolute atomic E-state index is 11.7. The third kappa shape index (κ3) is 4.01. The third-order valence-electron chi connectivity index (χ3n) is 2.83. The fourth-order valence-electron chi connectivity index (χ4n) is 1.48. The molecule has 0 aliphatic rings. The third-order valence-corrected chi connectivity index (χ3v) is 4.24. The number of carboxylic acids is 1. The number of thioether (sulfide) groups is 1. The van der Waals surface area contributed by atoms with Gasteiger partial charge >= 0.3 is 11.9 Å². The number of carbonyl (C=O) groups is 2. The summed E-state index contributed by atoms with van der Waals surface area (Å²) >= 11 is 1.32. The number of rotatable bonds is 7. The molecule has 0 aliphatic heterocycles. The molecule has 0 amide bonds. The minimum Gasteiger partial charge on any atom is -0.480 e. The first-order valence-corrected chi connectivity index (χ1v) is 7.14. The fraction of sp³-hybridized carbons (Fsp3) is 0.538. The number of hydrogen-bond donors (Lipinski definition) is 2. The zero-order valence-corrected chi connectivity index (χ0v) is 12.5. The molecule has 3 N–H and O–H groups in total. The quantitative estimate of drug-likeness (QED) is 0.741. The predicted molar refractivity (Wildman–Crippen MR) is 75.6 cm³/mol. The summed E-state index contributed by atoms with van der Waals surface area (Å²) in [7, 11) is 0. The van der Waals surface area contributed by atoms with Gasteiger partial charge in [0.05, 0.1) is 18.6 Å². The molecule has 112 valence electrons. The number of aliphatic carboxylic acids is 1. The monoisotopic (exact) mass is 301 g/mol. The van der Waals surface area contributed by atoms with Crippen molar-refractivity contribution in [1.29, 1.82) is 0 Å². The van der Waals surface area contributed by atoms with Crippen molar-refractivity contribution in [2.75, 3.05) is 6.61 Å². The van der Waals surface area contributed by atoms with E-state index in [9.17, 15) is 9.59 Å². The Hall–Kier alpha value is -1.47. The molecule has 1 aromatic rings. The van der Waals surface area contributed by atoms with Gasteiger partial charge in [0.2, 0.25) is 0 Å². The van der Waals surface area contributed by atoms with Gasteiger partial charge in [0.25, 0.3) is 0 Å². The first kappa shape index (κ1) is 16.6. The molecule has 1 heterocycles. The molecular weight excluding hydrogens is 282 g/mol. The number of carboxylic acid groups (broad SMARTS) is 1. The van der Waals surface area contributed by atoms with Crippen molar-refractivity contribution >= 4 is 23.7 Å². The highest BCUT2D eigenvalue weighted by Crippen LogP contribution is 2.32. The molecule has 20 heavy (non-hydrogen) atoms. The van der Waals surface area contributed by atoms with Crippen molar-refractivity contribution in [2.45, 2.75) is 37.3 Å². The van der Waals surface area contributed by atoms with Crippen molar-refractivity contribution in [2.24, 2.45) is 5.73 Å². The van der Waals surface area contributed by atoms with Gasteiger partial charge < -0.3 is 20.0 Å². The summed E-state index contributed by atoms with van der Waals surface area (Å²) in [4.78, 5) is 22.6. The standard InChI is InChI=1S/C13H19NO5S/c1-4-18-12(17)8-5-6-19-9(8)7-20-13(2,3)10(14)11(15)16/h5-6,10H,4,7,14H2,1-3H3,(H,15,16)/t10-/m0/s1. The van der Waals surface area contributed by atoms with E-state index in [1.165, 1.54) is 24.1 Å². The summed E-state index contributed by atoms with van der Waals surface area (Å²) in [5.74, 6) is -0.710. The number of nitrogens with two attached hydrogens (primary N) is 1. The summed E-state index contributed by atoms with van der Waals surface area (Å²) in [6, 6.07) is 0.534. The molecule has 1 atom stereocenters. The number of ether oxygens (including phenoxy) is 1. The zero-order valence-electron chi connectivity index (χ0n) is 11.7. The lowest BCUT2D eigenvalue weighted by atomic mass is 10.1. The highest BCUT2D eigenvalue weighted by molar-refractivity contribution is 7.99. The van der Waals surface area contributed by atoms with E-state index in [1.807, 2.05) is 0 Å². The molecule has 0 bridgehead atoms. The summed E-state index contributed by atoms with van der Waals surface area (Å²) in [6.45, 7) is 5.49. The normalized spacial score (nSPS) is 13.0. The van der Waals surface area contributed by atoms with E-state index in [0.717, 1.165) is 0 Å². The van der Waals surface area contributed by atoms with Gasteiger partial charge in [0.1, 0.15) is 17.4 Å². The molecule has 0 saturated heterocycles. The summed E-state index contributed by atoms with van der Waals surface area (Å²) in [6.07, 6.45) is 1.41. The van der Waals surface area contributed by atoms with Crippen molar-refractivity contribution in [3.8, 4) is 0 Å². The van der Waals surface area contributed by atoms with Crippen LogP contribution >= 0.6 is 11.8 Å². The van der Waals surface area contributed by atoms with Crippen LogP contribution in [0, 0.1) is 0 Å². The van der Waals surface area contributed by atoms with Crippen LogP contribution < -0.4 is 5.73 Å². The second kappa shape index (κ2) is 6.81. The van der Waals surface area contributed by atoms with Crippen LogP contribution in [0.25, 0.3) is 0 Å². The maximum Gasteiger partial charge on any atom is 0.341 e. The lowest BCUT2D eigenvalue weighted by molar-refractivity contribution is -0.139. The Kier molecular flexibility index (Phi) is 5.64. The Morgan fingerprint density at radius 2 is 2.20 bits per heavy atom. The van der Waals surface area contributed by atoms with Crippen LogP contribution in [0.15, 0.2) is 16.7 Å². The molecule has 0 aliphatic carbocycles. The van der Waals surface area contributed by atoms with E-state index in [0.29, 0.717) is 17.1 Å². The molecule has 6 nitrogen and oxygen atoms in total. The van der Waals surface area contributed by atoms with Crippen LogP contribution in [0.4, 0.5) is 0 Å². The molecule has 1 rings (SSSR count). The summed E-state index contributed by atoms with van der Waals surface area (Å²) in [5.41, 5.74) is 6.00. The van der Waals surface area contributed by atoms with E-state index in [4.69, 9.17) is 20.0 Å². The van der Waals surface area contributed by atoms with Crippen LogP contribution in [0.2, 0.25) is 0 Å². The Balaban J connectivity index is 2.73. The Morgan fingerprint density at radius 1 is 1.55 bits per heavy atom. The van der Waals surface area contributed by atoms with E-state index in [2.05, 4.69) is 0 Å². The van der Waals surface area contributed by atoms with Gasteiger partial charge in [-0.25, -0.2) is 4.79 Å². The van der Waals surface area contributed by atoms with Gasteiger partial charge in [-0.05, 0) is 26.8 Å². The lowest BCUT2D eigenvalue weighted by Crippen LogP contribution is -2.46. The van der Waals surface area contributed by atoms with E-state index in [-0.39, 0.29) is 6.61 Å². The largest absolute Gasteiger partial charge is 0.480 e. The minimum absolute atomic E-state index is 0.284. The maximum atomic E-state index is 11.7. The number of carbonyl (C=O) groups excluding carboxylic acids is 1. The smallest absolute Gasteiger partial charge is 0.341 e. The molecule has 0 unspecified atom stereocenters. The fourth-order valence-corrected chi connectivity index (χ4v) is 2.49. The highest BCUT2D eigenvalue weighted by Gasteiger charge is 2.33. The second-order valence-corrected chi connectivity index (χ2v) is 6.32. The number of furan rings is 1. The van der Waals surface area contributed by atoms with Gasteiger partial charge in [-0.3, -0.25) is 4.79 Å². The molecule has 7 heteroatoms. The van der Waals surface area contributed by atoms with Gasteiger partial charge in [0, 0.05) is 4.75 Å². The predicted octanol–water partition coefficient (Wildman–Crippen LogP) is 1.88. The number of esters is 1. The molecular formula is C13H19NO5S. The molecule has 0 aromatic carbocycles. The van der Waals surface area contributed by atoms with Gasteiger partial charge in [-0.1, -0.05) is 0 Å². The van der Waals surface area contributed by atoms with E-state index >= 15 is 0 Å². The van der Waals surface area contributed by atoms with Gasteiger partial charge in [0.15, 0.2) is 0 Å². The van der Waals surface area contributed by atoms with Crippen molar-refractivity contribution in [1.82, 2.24) is 0 Å². The molecule has 0 fully saturated rings. The molecule has 1 aromatic heterocycles. The van der Waals surface area contributed by atoms with Gasteiger partial charge in [-0.15, -0.1) is 11.8 Å². The summed E-state index contributed by atoms with van der Waals surface area (Å²) < 4.78 is 9.49.